The molecule has 0 radical (unpaired) electrons. The summed E-state index contributed by atoms with van der Waals surface area (Å²) in [5.74, 6) is 4.32. The Hall–Kier alpha value is -6.33. The number of aromatic nitrogens is 2. The highest BCUT2D eigenvalue weighted by atomic mass is 16.5. The van der Waals surface area contributed by atoms with Gasteiger partial charge in [-0.1, -0.05) is 5.92 Å². The lowest BCUT2D eigenvalue weighted by atomic mass is 9.98. The standard InChI is InChI=1S/C42H42N6O8/c1-45-24-32(28-14-15-43-23-31(28)40(45)52)27-21-35(55-2)33(36(22-27)56-3)25-46-16-4-6-18-47(19-7-5-17-46)38(50)13-9-26-8-10-29-30(20-26)42(54)48(41(29)53)34-11-12-37(49)44-39(34)51/h8,10,14-15,20-24,34H,4-7,11-12,16-19,25H2,1-3H3,(H,44,49,51). The number of pyridine rings is 2. The maximum Gasteiger partial charge on any atom is 0.298 e. The van der Waals surface area contributed by atoms with Gasteiger partial charge in [0, 0.05) is 68.7 Å². The number of hydrogen-bond donors (Lipinski definition) is 1. The van der Waals surface area contributed by atoms with Gasteiger partial charge in [-0.25, -0.2) is 0 Å². The predicted octanol–water partition coefficient (Wildman–Crippen LogP) is 3.28. The molecule has 5 heterocycles. The fraction of sp³-hybridized carbons (Fsp3) is 0.357. The monoisotopic (exact) mass is 758 g/mol. The molecule has 14 nitrogen and oxygen atoms in total. The van der Waals surface area contributed by atoms with Crippen LogP contribution in [0.15, 0.2) is 59.8 Å². The summed E-state index contributed by atoms with van der Waals surface area (Å²) in [6, 6.07) is 9.30. The van der Waals surface area contributed by atoms with E-state index in [4.69, 9.17) is 9.47 Å². The summed E-state index contributed by atoms with van der Waals surface area (Å²) in [6.07, 6.45) is 8.44. The number of amides is 5. The lowest BCUT2D eigenvalue weighted by Gasteiger charge is -2.28. The molecule has 0 bridgehead atoms. The van der Waals surface area contributed by atoms with Crippen molar-refractivity contribution in [1.29, 1.82) is 0 Å². The normalized spacial score (nSPS) is 17.9. The summed E-state index contributed by atoms with van der Waals surface area (Å²) in [4.78, 5) is 85.5. The summed E-state index contributed by atoms with van der Waals surface area (Å²) in [6.45, 7) is 3.31. The van der Waals surface area contributed by atoms with E-state index in [1.807, 2.05) is 24.4 Å². The van der Waals surface area contributed by atoms with Crippen molar-refractivity contribution in [3.63, 3.8) is 0 Å². The van der Waals surface area contributed by atoms with Crippen LogP contribution in [0, 0.1) is 11.8 Å². The minimum absolute atomic E-state index is 0.0364. The molecule has 2 aromatic carbocycles. The second-order valence-corrected chi connectivity index (χ2v) is 14.2. The molecule has 2 saturated heterocycles. The number of benzene rings is 2. The minimum Gasteiger partial charge on any atom is -0.496 e. The third-order valence-corrected chi connectivity index (χ3v) is 10.6. The first-order valence-corrected chi connectivity index (χ1v) is 18.7. The molecule has 7 rings (SSSR count). The van der Waals surface area contributed by atoms with E-state index in [1.54, 1.807) is 49.2 Å². The van der Waals surface area contributed by atoms with Gasteiger partial charge in [-0.05, 0) is 92.5 Å². The van der Waals surface area contributed by atoms with Gasteiger partial charge >= 0.3 is 0 Å². The van der Waals surface area contributed by atoms with Crippen molar-refractivity contribution < 1.29 is 33.4 Å². The van der Waals surface area contributed by atoms with Gasteiger partial charge in [0.15, 0.2) is 0 Å². The first kappa shape index (κ1) is 38.0. The Morgan fingerprint density at radius 2 is 1.54 bits per heavy atom. The van der Waals surface area contributed by atoms with Crippen LogP contribution in [-0.2, 0) is 28.0 Å². The molecule has 1 atom stereocenters. The molecule has 3 aliphatic rings. The molecule has 3 aliphatic heterocycles. The number of rotatable bonds is 6. The summed E-state index contributed by atoms with van der Waals surface area (Å²) in [5, 5.41) is 3.52. The van der Waals surface area contributed by atoms with Crippen LogP contribution in [0.25, 0.3) is 21.9 Å². The number of aryl methyl sites for hydroxylation is 1. The Balaban J connectivity index is 0.992. The maximum absolute atomic E-state index is 13.3. The molecule has 56 heavy (non-hydrogen) atoms. The zero-order valence-corrected chi connectivity index (χ0v) is 31.6. The number of hydrogen-bond acceptors (Lipinski definition) is 10. The Morgan fingerprint density at radius 3 is 2.21 bits per heavy atom. The molecule has 2 aromatic heterocycles. The SMILES string of the molecule is COc1cc(-c2cn(C)c(=O)c3cnccc23)cc(OC)c1CN1CCCCN(C(=O)C#Cc2ccc3c(c2)C(=O)N(C2CCC(=O)NC2=O)C3=O)CCCC1. The number of piperidine rings is 1. The van der Waals surface area contributed by atoms with E-state index in [2.05, 4.69) is 27.0 Å². The average molecular weight is 759 g/mol. The molecule has 5 amide bonds. The van der Waals surface area contributed by atoms with Gasteiger partial charge in [-0.15, -0.1) is 0 Å². The van der Waals surface area contributed by atoms with Crippen LogP contribution >= 0.6 is 0 Å². The first-order chi connectivity index (χ1) is 27.1. The van der Waals surface area contributed by atoms with E-state index in [0.29, 0.717) is 42.1 Å². The van der Waals surface area contributed by atoms with E-state index in [0.717, 1.165) is 65.7 Å². The van der Waals surface area contributed by atoms with Crippen molar-refractivity contribution in [2.75, 3.05) is 40.4 Å². The maximum atomic E-state index is 13.3. The molecule has 2 fully saturated rings. The van der Waals surface area contributed by atoms with E-state index in [1.165, 1.54) is 12.1 Å². The molecule has 14 heteroatoms. The number of imide groups is 2. The van der Waals surface area contributed by atoms with Crippen molar-refractivity contribution in [2.45, 2.75) is 51.1 Å². The van der Waals surface area contributed by atoms with Gasteiger partial charge < -0.3 is 18.9 Å². The highest BCUT2D eigenvalue weighted by Gasteiger charge is 2.44. The Morgan fingerprint density at radius 1 is 0.857 bits per heavy atom. The first-order valence-electron chi connectivity index (χ1n) is 18.7. The van der Waals surface area contributed by atoms with Gasteiger partial charge in [0.1, 0.15) is 17.5 Å². The van der Waals surface area contributed by atoms with Crippen LogP contribution in [0.1, 0.15) is 70.4 Å². The van der Waals surface area contributed by atoms with Crippen molar-refractivity contribution in [3.8, 4) is 34.5 Å². The number of nitrogens with zero attached hydrogens (tertiary/aromatic N) is 5. The van der Waals surface area contributed by atoms with Crippen LogP contribution in [0.4, 0.5) is 0 Å². The van der Waals surface area contributed by atoms with E-state index >= 15 is 0 Å². The van der Waals surface area contributed by atoms with Crippen LogP contribution < -0.4 is 20.3 Å². The summed E-state index contributed by atoms with van der Waals surface area (Å²) < 4.78 is 13.4. The second-order valence-electron chi connectivity index (χ2n) is 14.2. The van der Waals surface area contributed by atoms with Crippen molar-refractivity contribution in [2.24, 2.45) is 7.05 Å². The fourth-order valence-corrected chi connectivity index (χ4v) is 7.68. The zero-order valence-electron chi connectivity index (χ0n) is 31.6. The summed E-state index contributed by atoms with van der Waals surface area (Å²) >= 11 is 0. The average Bonchev–Trinajstić information content (AvgIpc) is 3.45. The van der Waals surface area contributed by atoms with Crippen molar-refractivity contribution in [1.82, 2.24) is 29.6 Å². The molecular formula is C42H42N6O8. The van der Waals surface area contributed by atoms with E-state index in [9.17, 15) is 28.8 Å². The van der Waals surface area contributed by atoms with Gasteiger partial charge in [0.2, 0.25) is 11.8 Å². The third kappa shape index (κ3) is 7.50. The predicted molar refractivity (Wildman–Crippen MR) is 206 cm³/mol. The fourth-order valence-electron chi connectivity index (χ4n) is 7.68. The number of fused-ring (bicyclic) bond motifs is 2. The third-order valence-electron chi connectivity index (χ3n) is 10.6. The lowest BCUT2D eigenvalue weighted by Crippen LogP contribution is -2.54. The Labute approximate surface area is 323 Å². The summed E-state index contributed by atoms with van der Waals surface area (Å²) in [5.41, 5.74) is 3.21. The van der Waals surface area contributed by atoms with E-state index < -0.39 is 29.7 Å². The van der Waals surface area contributed by atoms with Gasteiger partial charge in [0.05, 0.1) is 36.3 Å². The Bertz CT molecular complexity index is 2360. The zero-order chi connectivity index (χ0) is 39.5. The van der Waals surface area contributed by atoms with Gasteiger partial charge in [-0.3, -0.25) is 48.9 Å². The highest BCUT2D eigenvalue weighted by molar-refractivity contribution is 6.23. The summed E-state index contributed by atoms with van der Waals surface area (Å²) in [7, 11) is 5.01. The quantitative estimate of drug-likeness (QED) is 0.229. The molecule has 288 valence electrons. The minimum atomic E-state index is -1.06. The van der Waals surface area contributed by atoms with Gasteiger partial charge in [-0.2, -0.15) is 0 Å². The number of carbonyl (C=O) groups excluding carboxylic acids is 5. The number of nitrogens with one attached hydrogen (secondary N) is 1. The molecule has 4 aromatic rings. The van der Waals surface area contributed by atoms with Crippen LogP contribution in [0.5, 0.6) is 11.5 Å². The largest absolute Gasteiger partial charge is 0.496 e. The number of methoxy groups -OCH3 is 2. The highest BCUT2D eigenvalue weighted by Crippen LogP contribution is 2.38. The number of carbonyl (C=O) groups is 5. The van der Waals surface area contributed by atoms with E-state index in [-0.39, 0.29) is 35.4 Å². The number of ether oxygens (including phenoxy) is 2. The topological polar surface area (TPSA) is 160 Å². The molecule has 0 saturated carbocycles. The smallest absolute Gasteiger partial charge is 0.298 e. The Kier molecular flexibility index (Phi) is 11.0. The van der Waals surface area contributed by atoms with Crippen molar-refractivity contribution >= 4 is 40.3 Å². The van der Waals surface area contributed by atoms with Gasteiger partial charge in [0.25, 0.3) is 23.3 Å². The van der Waals surface area contributed by atoms with Crippen molar-refractivity contribution in [3.05, 3.63) is 87.6 Å². The molecule has 0 aliphatic carbocycles. The second kappa shape index (κ2) is 16.2. The molecular weight excluding hydrogens is 716 g/mol. The van der Waals surface area contributed by atoms with Crippen LogP contribution in [0.2, 0.25) is 0 Å². The lowest BCUT2D eigenvalue weighted by molar-refractivity contribution is -0.136. The van der Waals surface area contributed by atoms with Crippen LogP contribution in [-0.4, -0.2) is 100 Å². The van der Waals surface area contributed by atoms with Crippen LogP contribution in [0.3, 0.4) is 0 Å². The molecule has 0 spiro atoms. The molecule has 1 unspecified atom stereocenters. The molecule has 1 N–H and O–H groups in total.